The van der Waals surface area contributed by atoms with Crippen LogP contribution in [0.5, 0.6) is 5.75 Å². The molecule has 3 amide bonds. The fourth-order valence-electron chi connectivity index (χ4n) is 3.15. The fraction of sp³-hybridized carbons (Fsp3) is 0.333. The third-order valence-corrected chi connectivity index (χ3v) is 5.00. The standard InChI is InChI=1S/C21H25ClN4O4/c1-3-30-21(28)26-12-10-25(11-13-26)19-9-6-16(14-18(19)22)24-20(27)23-15-4-7-17(29-2)8-5-15/h4-9,14H,3,10-13H2,1-2H3,(H2,23,24,27). The van der Waals surface area contributed by atoms with Gasteiger partial charge in [0.2, 0.25) is 0 Å². The second-order valence-electron chi connectivity index (χ2n) is 6.65. The minimum absolute atomic E-state index is 0.286. The molecule has 0 radical (unpaired) electrons. The number of ether oxygens (including phenoxy) is 2. The first-order valence-corrected chi connectivity index (χ1v) is 10.1. The summed E-state index contributed by atoms with van der Waals surface area (Å²) in [6.45, 7) is 4.61. The van der Waals surface area contributed by atoms with Crippen LogP contribution >= 0.6 is 11.6 Å². The second kappa shape index (κ2) is 10.1. The first-order chi connectivity index (χ1) is 14.5. The van der Waals surface area contributed by atoms with Gasteiger partial charge in [0.1, 0.15) is 5.75 Å². The van der Waals surface area contributed by atoms with E-state index in [0.29, 0.717) is 54.9 Å². The highest BCUT2D eigenvalue weighted by molar-refractivity contribution is 6.33. The Hall–Kier alpha value is -3.13. The molecule has 0 aliphatic carbocycles. The lowest BCUT2D eigenvalue weighted by atomic mass is 10.2. The summed E-state index contributed by atoms with van der Waals surface area (Å²) in [5, 5.41) is 6.06. The van der Waals surface area contributed by atoms with Crippen molar-refractivity contribution in [3.8, 4) is 5.75 Å². The Morgan fingerprint density at radius 2 is 1.63 bits per heavy atom. The molecule has 0 aromatic heterocycles. The van der Waals surface area contributed by atoms with Crippen LogP contribution < -0.4 is 20.3 Å². The van der Waals surface area contributed by atoms with Gasteiger partial charge in [-0.1, -0.05) is 11.6 Å². The first-order valence-electron chi connectivity index (χ1n) is 9.68. The van der Waals surface area contributed by atoms with Gasteiger partial charge in [-0.25, -0.2) is 9.59 Å². The maximum absolute atomic E-state index is 12.2. The van der Waals surface area contributed by atoms with Crippen molar-refractivity contribution in [3.63, 3.8) is 0 Å². The summed E-state index contributed by atoms with van der Waals surface area (Å²) in [6.07, 6.45) is -0.286. The average Bonchev–Trinajstić information content (AvgIpc) is 2.75. The molecule has 1 heterocycles. The third-order valence-electron chi connectivity index (χ3n) is 4.70. The van der Waals surface area contributed by atoms with Crippen LogP contribution in [0.1, 0.15) is 6.92 Å². The third kappa shape index (κ3) is 5.48. The van der Waals surface area contributed by atoms with Crippen molar-refractivity contribution in [2.45, 2.75) is 6.92 Å². The summed E-state index contributed by atoms with van der Waals surface area (Å²) in [6, 6.07) is 12.0. The Morgan fingerprint density at radius 3 is 2.23 bits per heavy atom. The van der Waals surface area contributed by atoms with Crippen molar-refractivity contribution in [2.75, 3.05) is 55.4 Å². The minimum Gasteiger partial charge on any atom is -0.497 e. The monoisotopic (exact) mass is 432 g/mol. The largest absolute Gasteiger partial charge is 0.497 e. The number of anilines is 3. The molecule has 1 saturated heterocycles. The van der Waals surface area contributed by atoms with Crippen LogP contribution in [0, 0.1) is 0 Å². The second-order valence-corrected chi connectivity index (χ2v) is 7.05. The molecule has 0 unspecified atom stereocenters. The number of methoxy groups -OCH3 is 1. The lowest BCUT2D eigenvalue weighted by Gasteiger charge is -2.35. The van der Waals surface area contributed by atoms with E-state index >= 15 is 0 Å². The van der Waals surface area contributed by atoms with E-state index in [1.165, 1.54) is 0 Å². The van der Waals surface area contributed by atoms with E-state index < -0.39 is 0 Å². The minimum atomic E-state index is -0.368. The number of hydrogen-bond donors (Lipinski definition) is 2. The zero-order chi connectivity index (χ0) is 21.5. The number of piperazine rings is 1. The molecule has 2 N–H and O–H groups in total. The number of halogens is 1. The molecule has 2 aromatic carbocycles. The van der Waals surface area contributed by atoms with Crippen LogP contribution in [0.2, 0.25) is 5.02 Å². The highest BCUT2D eigenvalue weighted by Crippen LogP contribution is 2.30. The van der Waals surface area contributed by atoms with E-state index in [2.05, 4.69) is 15.5 Å². The quantitative estimate of drug-likeness (QED) is 0.737. The van der Waals surface area contributed by atoms with Gasteiger partial charge in [-0.15, -0.1) is 0 Å². The topological polar surface area (TPSA) is 83.1 Å². The number of amides is 3. The molecule has 1 fully saturated rings. The molecule has 3 rings (SSSR count). The Bertz CT molecular complexity index is 883. The first kappa shape index (κ1) is 21.6. The molecular weight excluding hydrogens is 408 g/mol. The van der Waals surface area contributed by atoms with Crippen LogP contribution in [0.15, 0.2) is 42.5 Å². The van der Waals surface area contributed by atoms with Crippen LogP contribution in [0.4, 0.5) is 26.7 Å². The number of carbonyl (C=O) groups is 2. The predicted molar refractivity (Wildman–Crippen MR) is 118 cm³/mol. The SMILES string of the molecule is CCOC(=O)N1CCN(c2ccc(NC(=O)Nc3ccc(OC)cc3)cc2Cl)CC1. The lowest BCUT2D eigenvalue weighted by Crippen LogP contribution is -2.49. The smallest absolute Gasteiger partial charge is 0.409 e. The van der Waals surface area contributed by atoms with Crippen LogP contribution in [0.3, 0.4) is 0 Å². The van der Waals surface area contributed by atoms with E-state index in [4.69, 9.17) is 21.1 Å². The molecule has 0 spiro atoms. The van der Waals surface area contributed by atoms with Gasteiger partial charge in [-0.2, -0.15) is 0 Å². The number of carbonyl (C=O) groups excluding carboxylic acids is 2. The number of rotatable bonds is 5. The maximum atomic E-state index is 12.2. The summed E-state index contributed by atoms with van der Waals surface area (Å²) in [7, 11) is 1.59. The maximum Gasteiger partial charge on any atom is 0.409 e. The summed E-state index contributed by atoms with van der Waals surface area (Å²) in [5.74, 6) is 0.714. The van der Waals surface area contributed by atoms with Gasteiger partial charge in [0.25, 0.3) is 0 Å². The van der Waals surface area contributed by atoms with Crippen molar-refractivity contribution in [2.24, 2.45) is 0 Å². The highest BCUT2D eigenvalue weighted by atomic mass is 35.5. The highest BCUT2D eigenvalue weighted by Gasteiger charge is 2.23. The number of hydrogen-bond acceptors (Lipinski definition) is 5. The normalized spacial score (nSPS) is 13.6. The fourth-order valence-corrected chi connectivity index (χ4v) is 3.45. The van der Waals surface area contributed by atoms with E-state index in [9.17, 15) is 9.59 Å². The van der Waals surface area contributed by atoms with Crippen LogP contribution in [-0.2, 0) is 4.74 Å². The van der Waals surface area contributed by atoms with Gasteiger partial charge in [0, 0.05) is 37.6 Å². The zero-order valence-corrected chi connectivity index (χ0v) is 17.7. The van der Waals surface area contributed by atoms with Crippen molar-refractivity contribution in [3.05, 3.63) is 47.5 Å². The number of benzene rings is 2. The average molecular weight is 433 g/mol. The number of nitrogens with zero attached hydrogens (tertiary/aromatic N) is 2. The van der Waals surface area contributed by atoms with Gasteiger partial charge < -0.3 is 29.9 Å². The Kier molecular flexibility index (Phi) is 7.24. The molecule has 0 bridgehead atoms. The van der Waals surface area contributed by atoms with Crippen LogP contribution in [0.25, 0.3) is 0 Å². The van der Waals surface area contributed by atoms with E-state index in [1.54, 1.807) is 55.3 Å². The van der Waals surface area contributed by atoms with Gasteiger partial charge in [0.05, 0.1) is 24.4 Å². The van der Waals surface area contributed by atoms with E-state index in [0.717, 1.165) is 5.69 Å². The summed E-state index contributed by atoms with van der Waals surface area (Å²) >= 11 is 6.46. The van der Waals surface area contributed by atoms with Crippen LogP contribution in [-0.4, -0.2) is 56.9 Å². The molecule has 0 saturated carbocycles. The molecule has 1 aliphatic rings. The lowest BCUT2D eigenvalue weighted by molar-refractivity contribution is 0.105. The number of urea groups is 1. The zero-order valence-electron chi connectivity index (χ0n) is 17.0. The molecule has 0 atom stereocenters. The van der Waals surface area contributed by atoms with E-state index in [-0.39, 0.29) is 12.1 Å². The molecule has 9 heteroatoms. The summed E-state index contributed by atoms with van der Waals surface area (Å²) in [5.41, 5.74) is 2.09. The van der Waals surface area contributed by atoms with Crippen molar-refractivity contribution < 1.29 is 19.1 Å². The van der Waals surface area contributed by atoms with Gasteiger partial charge in [-0.05, 0) is 49.4 Å². The van der Waals surface area contributed by atoms with Crippen molar-refractivity contribution >= 4 is 40.8 Å². The Morgan fingerprint density at radius 1 is 1.00 bits per heavy atom. The Labute approximate surface area is 180 Å². The van der Waals surface area contributed by atoms with Gasteiger partial charge in [0.15, 0.2) is 0 Å². The van der Waals surface area contributed by atoms with Gasteiger partial charge in [-0.3, -0.25) is 0 Å². The summed E-state index contributed by atoms with van der Waals surface area (Å²) in [4.78, 5) is 27.9. The summed E-state index contributed by atoms with van der Waals surface area (Å²) < 4.78 is 10.1. The molecule has 2 aromatic rings. The molecule has 1 aliphatic heterocycles. The molecule has 8 nitrogen and oxygen atoms in total. The van der Waals surface area contributed by atoms with E-state index in [1.807, 2.05) is 6.07 Å². The van der Waals surface area contributed by atoms with Gasteiger partial charge >= 0.3 is 12.1 Å². The number of nitrogens with one attached hydrogen (secondary N) is 2. The van der Waals surface area contributed by atoms with Crippen molar-refractivity contribution in [1.82, 2.24) is 4.90 Å². The van der Waals surface area contributed by atoms with Crippen molar-refractivity contribution in [1.29, 1.82) is 0 Å². The molecule has 160 valence electrons. The Balaban J connectivity index is 1.56. The molecule has 30 heavy (non-hydrogen) atoms. The predicted octanol–water partition coefficient (Wildman–Crippen LogP) is 4.27. The molecular formula is C21H25ClN4O4.